The van der Waals surface area contributed by atoms with E-state index >= 15 is 0 Å². The van der Waals surface area contributed by atoms with Gasteiger partial charge in [0.1, 0.15) is 12.6 Å². The molecular formula is C34H42N2O5. The molecule has 0 spiro atoms. The van der Waals surface area contributed by atoms with E-state index in [0.717, 1.165) is 28.7 Å². The van der Waals surface area contributed by atoms with Crippen LogP contribution in [0.3, 0.4) is 0 Å². The predicted octanol–water partition coefficient (Wildman–Crippen LogP) is 6.54. The zero-order chi connectivity index (χ0) is 29.2. The van der Waals surface area contributed by atoms with Gasteiger partial charge in [0.2, 0.25) is 5.91 Å². The van der Waals surface area contributed by atoms with E-state index in [4.69, 9.17) is 14.2 Å². The average molecular weight is 559 g/mol. The zero-order valence-electron chi connectivity index (χ0n) is 24.5. The standard InChI is InChI=1S/C34H42N2O5/c1-5-39-31(40-6-2)22-36(21-20-24(3)4)33(37)32(25-14-8-7-9-15-25)35-34(38)41-23-30-28-18-12-10-16-26(28)27-17-11-13-19-29(27)30/h7-19,24,30-32H,5-6,20-23H2,1-4H3,(H,35,38). The highest BCUT2D eigenvalue weighted by Gasteiger charge is 2.32. The fourth-order valence-corrected chi connectivity index (χ4v) is 5.28. The molecule has 4 rings (SSSR count). The van der Waals surface area contributed by atoms with Gasteiger partial charge in [-0.25, -0.2) is 4.79 Å². The van der Waals surface area contributed by atoms with Gasteiger partial charge in [0.25, 0.3) is 0 Å². The summed E-state index contributed by atoms with van der Waals surface area (Å²) in [5.74, 6) is 0.0997. The number of carbonyl (C=O) groups is 2. The van der Waals surface area contributed by atoms with Gasteiger partial charge >= 0.3 is 6.09 Å². The molecule has 3 aromatic rings. The molecule has 0 aromatic heterocycles. The number of hydrogen-bond donors (Lipinski definition) is 1. The first-order valence-electron chi connectivity index (χ1n) is 14.6. The van der Waals surface area contributed by atoms with Crippen molar-refractivity contribution in [1.82, 2.24) is 10.2 Å². The van der Waals surface area contributed by atoms with Crippen LogP contribution in [0.15, 0.2) is 78.9 Å². The Labute approximate surface area is 243 Å². The van der Waals surface area contributed by atoms with Crippen molar-refractivity contribution in [2.75, 3.05) is 32.9 Å². The van der Waals surface area contributed by atoms with Crippen LogP contribution in [0.1, 0.15) is 62.8 Å². The number of fused-ring (bicyclic) bond motifs is 3. The topological polar surface area (TPSA) is 77.1 Å². The van der Waals surface area contributed by atoms with Crippen molar-refractivity contribution < 1.29 is 23.8 Å². The molecule has 1 atom stereocenters. The second-order valence-corrected chi connectivity index (χ2v) is 10.6. The monoisotopic (exact) mass is 558 g/mol. The summed E-state index contributed by atoms with van der Waals surface area (Å²) in [6.07, 6.45) is -0.376. The molecule has 41 heavy (non-hydrogen) atoms. The number of hydrogen-bond acceptors (Lipinski definition) is 5. The van der Waals surface area contributed by atoms with E-state index in [1.54, 1.807) is 4.90 Å². The number of nitrogens with one attached hydrogen (secondary N) is 1. The lowest BCUT2D eigenvalue weighted by molar-refractivity contribution is -0.160. The van der Waals surface area contributed by atoms with E-state index in [9.17, 15) is 9.59 Å². The van der Waals surface area contributed by atoms with Crippen LogP contribution >= 0.6 is 0 Å². The molecule has 218 valence electrons. The van der Waals surface area contributed by atoms with E-state index in [-0.39, 0.29) is 25.0 Å². The van der Waals surface area contributed by atoms with Gasteiger partial charge in [-0.1, -0.05) is 92.7 Å². The maximum absolute atomic E-state index is 14.1. The zero-order valence-corrected chi connectivity index (χ0v) is 24.5. The Morgan fingerprint density at radius 2 is 1.39 bits per heavy atom. The van der Waals surface area contributed by atoms with Crippen molar-refractivity contribution >= 4 is 12.0 Å². The van der Waals surface area contributed by atoms with Crippen molar-refractivity contribution in [3.8, 4) is 11.1 Å². The minimum Gasteiger partial charge on any atom is -0.449 e. The molecule has 7 heteroatoms. The fraction of sp³-hybridized carbons (Fsp3) is 0.412. The first-order valence-corrected chi connectivity index (χ1v) is 14.6. The molecule has 0 aliphatic heterocycles. The van der Waals surface area contributed by atoms with Gasteiger partial charge < -0.3 is 24.4 Å². The predicted molar refractivity (Wildman–Crippen MR) is 160 cm³/mol. The molecule has 1 aliphatic carbocycles. The van der Waals surface area contributed by atoms with Crippen molar-refractivity contribution in [3.05, 3.63) is 95.6 Å². The lowest BCUT2D eigenvalue weighted by atomic mass is 9.98. The Morgan fingerprint density at radius 3 is 1.95 bits per heavy atom. The summed E-state index contributed by atoms with van der Waals surface area (Å²) in [6, 6.07) is 24.8. The third-order valence-electron chi connectivity index (χ3n) is 7.35. The third kappa shape index (κ3) is 7.75. The van der Waals surface area contributed by atoms with Gasteiger partial charge in [-0.2, -0.15) is 0 Å². The molecule has 0 bridgehead atoms. The maximum atomic E-state index is 14.1. The quantitative estimate of drug-likeness (QED) is 0.227. The Kier molecular flexibility index (Phi) is 10.9. The molecule has 1 aliphatic rings. The number of rotatable bonds is 14. The largest absolute Gasteiger partial charge is 0.449 e. The van der Waals surface area contributed by atoms with Crippen LogP contribution < -0.4 is 5.32 Å². The molecule has 3 aromatic carbocycles. The third-order valence-corrected chi connectivity index (χ3v) is 7.35. The van der Waals surface area contributed by atoms with Crippen LogP contribution in [0, 0.1) is 5.92 Å². The second-order valence-electron chi connectivity index (χ2n) is 10.6. The molecule has 1 unspecified atom stereocenters. The molecule has 0 radical (unpaired) electrons. The first-order chi connectivity index (χ1) is 19.9. The van der Waals surface area contributed by atoms with E-state index in [1.807, 2.05) is 68.4 Å². The van der Waals surface area contributed by atoms with Crippen molar-refractivity contribution in [2.24, 2.45) is 5.92 Å². The summed E-state index contributed by atoms with van der Waals surface area (Å²) < 4.78 is 17.3. The summed E-state index contributed by atoms with van der Waals surface area (Å²) in [6.45, 7) is 9.93. The molecule has 0 heterocycles. The Balaban J connectivity index is 1.52. The summed E-state index contributed by atoms with van der Waals surface area (Å²) in [7, 11) is 0. The number of carbonyl (C=O) groups excluding carboxylic acids is 2. The summed E-state index contributed by atoms with van der Waals surface area (Å²) >= 11 is 0. The summed E-state index contributed by atoms with van der Waals surface area (Å²) in [4.78, 5) is 29.1. The van der Waals surface area contributed by atoms with Crippen molar-refractivity contribution in [2.45, 2.75) is 52.4 Å². The molecule has 7 nitrogen and oxygen atoms in total. The normalized spacial score (nSPS) is 13.1. The van der Waals surface area contributed by atoms with Gasteiger partial charge in [0.05, 0.1) is 6.54 Å². The Hall–Kier alpha value is -3.68. The fourth-order valence-electron chi connectivity index (χ4n) is 5.28. The minimum absolute atomic E-state index is 0.0697. The number of alkyl carbamates (subject to hydrolysis) is 1. The van der Waals surface area contributed by atoms with Crippen LogP contribution in [0.5, 0.6) is 0 Å². The SMILES string of the molecule is CCOC(CN(CCC(C)C)C(=O)C(NC(=O)OCC1c2ccccc2-c2ccccc21)c1ccccc1)OCC. The molecular weight excluding hydrogens is 516 g/mol. The lowest BCUT2D eigenvalue weighted by Gasteiger charge is -2.31. The summed E-state index contributed by atoms with van der Waals surface area (Å²) in [5.41, 5.74) is 5.27. The number of amides is 2. The van der Waals surface area contributed by atoms with Crippen LogP contribution in [-0.2, 0) is 19.0 Å². The van der Waals surface area contributed by atoms with E-state index in [1.165, 1.54) is 0 Å². The first kappa shape index (κ1) is 30.3. The smallest absolute Gasteiger partial charge is 0.408 e. The number of benzene rings is 3. The van der Waals surface area contributed by atoms with Crippen molar-refractivity contribution in [1.29, 1.82) is 0 Å². The van der Waals surface area contributed by atoms with Crippen LogP contribution in [0.25, 0.3) is 11.1 Å². The lowest BCUT2D eigenvalue weighted by Crippen LogP contribution is -2.47. The van der Waals surface area contributed by atoms with Crippen LogP contribution in [0.2, 0.25) is 0 Å². The minimum atomic E-state index is -0.914. The molecule has 1 N–H and O–H groups in total. The highest BCUT2D eigenvalue weighted by Crippen LogP contribution is 2.44. The van der Waals surface area contributed by atoms with Crippen molar-refractivity contribution in [3.63, 3.8) is 0 Å². The van der Waals surface area contributed by atoms with E-state index in [0.29, 0.717) is 31.2 Å². The maximum Gasteiger partial charge on any atom is 0.408 e. The van der Waals surface area contributed by atoms with E-state index < -0.39 is 18.4 Å². The van der Waals surface area contributed by atoms with Gasteiger partial charge in [0.15, 0.2) is 6.29 Å². The van der Waals surface area contributed by atoms with Gasteiger partial charge in [-0.3, -0.25) is 4.79 Å². The molecule has 0 saturated carbocycles. The van der Waals surface area contributed by atoms with Gasteiger partial charge in [-0.15, -0.1) is 0 Å². The summed E-state index contributed by atoms with van der Waals surface area (Å²) in [5, 5.41) is 2.88. The molecule has 2 amide bonds. The van der Waals surface area contributed by atoms with Crippen LogP contribution in [-0.4, -0.2) is 56.1 Å². The Bertz CT molecular complexity index is 1230. The number of nitrogens with zero attached hydrogens (tertiary/aromatic N) is 1. The average Bonchev–Trinajstić information content (AvgIpc) is 3.30. The van der Waals surface area contributed by atoms with E-state index in [2.05, 4.69) is 43.4 Å². The second kappa shape index (κ2) is 14.8. The van der Waals surface area contributed by atoms with Crippen LogP contribution in [0.4, 0.5) is 4.79 Å². The van der Waals surface area contributed by atoms with Gasteiger partial charge in [-0.05, 0) is 54.0 Å². The highest BCUT2D eigenvalue weighted by molar-refractivity contribution is 5.87. The molecule has 0 fully saturated rings. The highest BCUT2D eigenvalue weighted by atomic mass is 16.7. The van der Waals surface area contributed by atoms with Gasteiger partial charge in [0, 0.05) is 25.7 Å². The molecule has 0 saturated heterocycles. The Morgan fingerprint density at radius 1 is 0.829 bits per heavy atom. The number of ether oxygens (including phenoxy) is 3.